The molecule has 1 aliphatic carbocycles. The molecule has 34 heavy (non-hydrogen) atoms. The minimum atomic E-state index is -1.16. The van der Waals surface area contributed by atoms with Crippen molar-refractivity contribution in [3.05, 3.63) is 76.9 Å². The molecule has 174 valence electrons. The second-order valence-corrected chi connectivity index (χ2v) is 9.17. The molecule has 1 saturated carbocycles. The minimum absolute atomic E-state index is 0.0687. The SMILES string of the molecule is Cc1cc(C#N)c(C(=O)O)cc1O[C@H]1CC[C@@](C)(C(=O)OCc2cccc3ccccc23)CC1. The van der Waals surface area contributed by atoms with Gasteiger partial charge in [-0.05, 0) is 73.6 Å². The molecule has 0 unspecified atom stereocenters. The number of fused-ring (bicyclic) bond motifs is 1. The molecule has 0 aliphatic heterocycles. The van der Waals surface area contributed by atoms with Crippen molar-refractivity contribution in [3.63, 3.8) is 0 Å². The van der Waals surface area contributed by atoms with Gasteiger partial charge in [0.05, 0.1) is 22.6 Å². The molecule has 0 radical (unpaired) electrons. The van der Waals surface area contributed by atoms with Crippen molar-refractivity contribution in [1.82, 2.24) is 0 Å². The second kappa shape index (κ2) is 9.56. The van der Waals surface area contributed by atoms with E-state index in [0.29, 0.717) is 37.0 Å². The van der Waals surface area contributed by atoms with Gasteiger partial charge in [0, 0.05) is 0 Å². The van der Waals surface area contributed by atoms with Gasteiger partial charge in [-0.3, -0.25) is 4.79 Å². The number of ether oxygens (including phenoxy) is 2. The number of carboxylic acid groups (broad SMARTS) is 1. The Morgan fingerprint density at radius 2 is 1.82 bits per heavy atom. The van der Waals surface area contributed by atoms with Crippen LogP contribution in [0.4, 0.5) is 0 Å². The third kappa shape index (κ3) is 4.74. The summed E-state index contributed by atoms with van der Waals surface area (Å²) >= 11 is 0. The fraction of sp³-hybridized carbons (Fsp3) is 0.321. The molecule has 1 N–H and O–H groups in total. The van der Waals surface area contributed by atoms with Crippen LogP contribution in [0.5, 0.6) is 5.75 Å². The highest BCUT2D eigenvalue weighted by Gasteiger charge is 2.39. The average Bonchev–Trinajstić information content (AvgIpc) is 2.84. The van der Waals surface area contributed by atoms with E-state index in [0.717, 1.165) is 16.3 Å². The Balaban J connectivity index is 1.38. The molecule has 1 fully saturated rings. The fourth-order valence-corrected chi connectivity index (χ4v) is 4.55. The van der Waals surface area contributed by atoms with E-state index in [4.69, 9.17) is 9.47 Å². The first-order chi connectivity index (χ1) is 16.3. The Morgan fingerprint density at radius 3 is 2.53 bits per heavy atom. The second-order valence-electron chi connectivity index (χ2n) is 9.17. The number of carbonyl (C=O) groups excluding carboxylic acids is 1. The van der Waals surface area contributed by atoms with Crippen LogP contribution in [-0.4, -0.2) is 23.1 Å². The monoisotopic (exact) mass is 457 g/mol. The van der Waals surface area contributed by atoms with E-state index in [2.05, 4.69) is 0 Å². The molecule has 0 saturated heterocycles. The highest BCUT2D eigenvalue weighted by atomic mass is 16.5. The number of nitriles is 1. The largest absolute Gasteiger partial charge is 0.490 e. The zero-order valence-electron chi connectivity index (χ0n) is 19.3. The van der Waals surface area contributed by atoms with Gasteiger partial charge in [-0.2, -0.15) is 5.26 Å². The first-order valence-electron chi connectivity index (χ1n) is 11.4. The summed E-state index contributed by atoms with van der Waals surface area (Å²) in [5.41, 5.74) is 1.15. The molecule has 4 rings (SSSR count). The Labute approximate surface area is 198 Å². The van der Waals surface area contributed by atoms with Gasteiger partial charge in [0.25, 0.3) is 0 Å². The summed E-state index contributed by atoms with van der Waals surface area (Å²) in [5.74, 6) is -0.906. The Bertz CT molecular complexity index is 1280. The van der Waals surface area contributed by atoms with Crippen molar-refractivity contribution >= 4 is 22.7 Å². The summed E-state index contributed by atoms with van der Waals surface area (Å²) in [6.45, 7) is 3.96. The molecule has 0 amide bonds. The Hall–Kier alpha value is -3.85. The number of nitrogens with zero attached hydrogens (tertiary/aromatic N) is 1. The Morgan fingerprint density at radius 1 is 1.12 bits per heavy atom. The van der Waals surface area contributed by atoms with Crippen LogP contribution in [0, 0.1) is 23.7 Å². The summed E-state index contributed by atoms with van der Waals surface area (Å²) in [5, 5.41) is 20.8. The lowest BCUT2D eigenvalue weighted by atomic mass is 9.74. The molecule has 0 bridgehead atoms. The smallest absolute Gasteiger partial charge is 0.337 e. The van der Waals surface area contributed by atoms with Crippen molar-refractivity contribution in [2.75, 3.05) is 0 Å². The van der Waals surface area contributed by atoms with E-state index in [1.165, 1.54) is 12.1 Å². The van der Waals surface area contributed by atoms with Gasteiger partial charge >= 0.3 is 11.9 Å². The molecule has 3 aromatic rings. The first-order valence-corrected chi connectivity index (χ1v) is 11.4. The van der Waals surface area contributed by atoms with Gasteiger partial charge in [-0.15, -0.1) is 0 Å². The maximum Gasteiger partial charge on any atom is 0.337 e. The third-order valence-corrected chi connectivity index (χ3v) is 6.73. The van der Waals surface area contributed by atoms with Crippen LogP contribution in [-0.2, 0) is 16.1 Å². The predicted molar refractivity (Wildman–Crippen MR) is 128 cm³/mol. The van der Waals surface area contributed by atoms with Crippen LogP contribution >= 0.6 is 0 Å². The van der Waals surface area contributed by atoms with Crippen molar-refractivity contribution < 1.29 is 24.2 Å². The van der Waals surface area contributed by atoms with E-state index >= 15 is 0 Å². The van der Waals surface area contributed by atoms with E-state index in [-0.39, 0.29) is 29.8 Å². The number of benzene rings is 3. The maximum absolute atomic E-state index is 13.0. The molecule has 0 spiro atoms. The summed E-state index contributed by atoms with van der Waals surface area (Å²) < 4.78 is 11.8. The standard InChI is InChI=1S/C28H27NO5/c1-18-14-21(16-29)24(26(30)31)15-25(18)34-22-10-12-28(2,13-11-22)27(32)33-17-20-8-5-7-19-6-3-4-9-23(19)20/h3-9,14-15,22H,10-13,17H2,1-2H3,(H,30,31)/t22-,28+. The lowest BCUT2D eigenvalue weighted by molar-refractivity contribution is -0.159. The van der Waals surface area contributed by atoms with Gasteiger partial charge in [0.2, 0.25) is 0 Å². The zero-order valence-corrected chi connectivity index (χ0v) is 19.3. The normalized spacial score (nSPS) is 19.9. The van der Waals surface area contributed by atoms with Crippen LogP contribution in [0.1, 0.15) is 59.7 Å². The van der Waals surface area contributed by atoms with Crippen molar-refractivity contribution in [1.29, 1.82) is 5.26 Å². The number of carbonyl (C=O) groups is 2. The van der Waals surface area contributed by atoms with Crippen LogP contribution in [0.2, 0.25) is 0 Å². The number of esters is 1. The van der Waals surface area contributed by atoms with Crippen LogP contribution in [0.25, 0.3) is 10.8 Å². The summed E-state index contributed by atoms with van der Waals surface area (Å²) in [7, 11) is 0. The number of hydrogen-bond acceptors (Lipinski definition) is 5. The van der Waals surface area contributed by atoms with Crippen molar-refractivity contribution in [2.24, 2.45) is 5.41 Å². The molecule has 1 aliphatic rings. The highest BCUT2D eigenvalue weighted by Crippen LogP contribution is 2.39. The molecular formula is C28H27NO5. The number of aryl methyl sites for hydroxylation is 1. The van der Waals surface area contributed by atoms with E-state index < -0.39 is 11.4 Å². The molecule has 6 heteroatoms. The van der Waals surface area contributed by atoms with E-state index in [1.807, 2.05) is 55.5 Å². The zero-order chi connectivity index (χ0) is 24.3. The number of carboxylic acids is 1. The van der Waals surface area contributed by atoms with E-state index in [1.54, 1.807) is 6.92 Å². The summed E-state index contributed by atoms with van der Waals surface area (Å²) in [4.78, 5) is 24.5. The lowest BCUT2D eigenvalue weighted by Crippen LogP contribution is -2.37. The number of hydrogen-bond donors (Lipinski definition) is 1. The van der Waals surface area contributed by atoms with E-state index in [9.17, 15) is 20.0 Å². The average molecular weight is 458 g/mol. The molecule has 0 heterocycles. The summed E-state index contributed by atoms with van der Waals surface area (Å²) in [6.07, 6.45) is 2.41. The molecule has 0 atom stereocenters. The molecular weight excluding hydrogens is 430 g/mol. The first kappa shape index (κ1) is 23.3. The molecule has 3 aromatic carbocycles. The van der Waals surface area contributed by atoms with Crippen LogP contribution in [0.3, 0.4) is 0 Å². The van der Waals surface area contributed by atoms with Gasteiger partial charge in [0.15, 0.2) is 0 Å². The maximum atomic E-state index is 13.0. The van der Waals surface area contributed by atoms with Crippen LogP contribution in [0.15, 0.2) is 54.6 Å². The van der Waals surface area contributed by atoms with Crippen molar-refractivity contribution in [3.8, 4) is 11.8 Å². The topological polar surface area (TPSA) is 96.6 Å². The van der Waals surface area contributed by atoms with Gasteiger partial charge < -0.3 is 14.6 Å². The Kier molecular flexibility index (Phi) is 6.56. The number of rotatable bonds is 6. The minimum Gasteiger partial charge on any atom is -0.490 e. The fourth-order valence-electron chi connectivity index (χ4n) is 4.55. The quantitative estimate of drug-likeness (QED) is 0.471. The molecule has 6 nitrogen and oxygen atoms in total. The number of aromatic carboxylic acids is 1. The predicted octanol–water partition coefficient (Wildman–Crippen LogP) is 5.79. The highest BCUT2D eigenvalue weighted by molar-refractivity contribution is 5.91. The van der Waals surface area contributed by atoms with Gasteiger partial charge in [-0.25, -0.2) is 4.79 Å². The van der Waals surface area contributed by atoms with Gasteiger partial charge in [0.1, 0.15) is 18.4 Å². The third-order valence-electron chi connectivity index (χ3n) is 6.73. The van der Waals surface area contributed by atoms with Crippen LogP contribution < -0.4 is 4.74 Å². The summed E-state index contributed by atoms with van der Waals surface area (Å²) in [6, 6.07) is 18.9. The van der Waals surface area contributed by atoms with Crippen molar-refractivity contribution in [2.45, 2.75) is 52.2 Å². The van der Waals surface area contributed by atoms with Gasteiger partial charge in [-0.1, -0.05) is 42.5 Å². The lowest BCUT2D eigenvalue weighted by Gasteiger charge is -2.35. The molecule has 0 aromatic heterocycles.